The minimum absolute atomic E-state index is 0.0729. The third kappa shape index (κ3) is 38.4. The van der Waals surface area contributed by atoms with E-state index in [1.165, 1.54) is 0 Å². The van der Waals surface area contributed by atoms with Crippen molar-refractivity contribution < 1.29 is 58.0 Å². The van der Waals surface area contributed by atoms with Gasteiger partial charge in [-0.05, 0) is 64.2 Å². The molecule has 0 radical (unpaired) electrons. The van der Waals surface area contributed by atoms with Gasteiger partial charge in [0.1, 0.15) is 12.7 Å². The first-order valence-electron chi connectivity index (χ1n) is 20.8. The Bertz CT molecular complexity index is 1260. The number of aliphatic hydroxyl groups is 4. The summed E-state index contributed by atoms with van der Waals surface area (Å²) in [5.74, 6) is -1.18. The first-order valence-corrected chi connectivity index (χ1v) is 22.3. The molecule has 0 aromatic heterocycles. The van der Waals surface area contributed by atoms with Crippen LogP contribution in [-0.2, 0) is 32.7 Å². The van der Waals surface area contributed by atoms with Crippen molar-refractivity contribution in [2.24, 2.45) is 0 Å². The normalized spacial score (nSPS) is 15.8. The molecule has 57 heavy (non-hydrogen) atoms. The summed E-state index contributed by atoms with van der Waals surface area (Å²) >= 11 is 0. The summed E-state index contributed by atoms with van der Waals surface area (Å²) in [7, 11) is -4.69. The molecule has 0 aromatic rings. The fourth-order valence-corrected chi connectivity index (χ4v) is 5.77. The summed E-state index contributed by atoms with van der Waals surface area (Å²) in [6.45, 7) is 1.85. The van der Waals surface area contributed by atoms with Gasteiger partial charge in [-0.3, -0.25) is 18.6 Å². The predicted molar refractivity (Wildman–Crippen MR) is 226 cm³/mol. The molecule has 12 nitrogen and oxygen atoms in total. The van der Waals surface area contributed by atoms with Crippen LogP contribution in [0.2, 0.25) is 0 Å². The minimum atomic E-state index is -4.69. The van der Waals surface area contributed by atoms with Crippen LogP contribution < -0.4 is 0 Å². The number of rotatable bonds is 37. The highest BCUT2D eigenvalue weighted by Crippen LogP contribution is 2.43. The van der Waals surface area contributed by atoms with E-state index in [9.17, 15) is 34.4 Å². The number of hydrogen-bond donors (Lipinski definition) is 5. The van der Waals surface area contributed by atoms with Crippen molar-refractivity contribution in [3.63, 3.8) is 0 Å². The lowest BCUT2D eigenvalue weighted by Gasteiger charge is -2.20. The highest BCUT2D eigenvalue weighted by Gasteiger charge is 2.27. The van der Waals surface area contributed by atoms with Gasteiger partial charge in [0.25, 0.3) is 0 Å². The summed E-state index contributed by atoms with van der Waals surface area (Å²) in [5.41, 5.74) is 0. The van der Waals surface area contributed by atoms with E-state index in [1.807, 2.05) is 24.3 Å². The lowest BCUT2D eigenvalue weighted by molar-refractivity contribution is -0.161. The fraction of sp³-hybridized carbons (Fsp3) is 0.636. The Morgan fingerprint density at radius 2 is 1.18 bits per heavy atom. The maximum absolute atomic E-state index is 12.6. The van der Waals surface area contributed by atoms with Crippen molar-refractivity contribution in [3.8, 4) is 0 Å². The van der Waals surface area contributed by atoms with E-state index in [1.54, 1.807) is 24.3 Å². The second kappa shape index (κ2) is 38.6. The largest absolute Gasteiger partial charge is 0.472 e. The van der Waals surface area contributed by atoms with Crippen LogP contribution in [-0.4, -0.2) is 88.1 Å². The van der Waals surface area contributed by atoms with E-state index in [2.05, 4.69) is 54.8 Å². The Morgan fingerprint density at radius 3 is 1.82 bits per heavy atom. The molecule has 5 atom stereocenters. The van der Waals surface area contributed by atoms with Gasteiger partial charge < -0.3 is 34.8 Å². The Balaban J connectivity index is 4.62. The van der Waals surface area contributed by atoms with Crippen molar-refractivity contribution in [1.29, 1.82) is 0 Å². The summed E-state index contributed by atoms with van der Waals surface area (Å²) in [6.07, 6.45) is 37.6. The van der Waals surface area contributed by atoms with Gasteiger partial charge in [0.15, 0.2) is 6.10 Å². The molecule has 0 aliphatic heterocycles. The lowest BCUT2D eigenvalue weighted by Crippen LogP contribution is -2.30. The zero-order valence-electron chi connectivity index (χ0n) is 34.5. The molecule has 0 amide bonds. The Labute approximate surface area is 342 Å². The molecular formula is C44H73O12P. The third-order valence-electron chi connectivity index (χ3n) is 8.24. The molecule has 326 valence electrons. The van der Waals surface area contributed by atoms with E-state index in [0.29, 0.717) is 12.8 Å². The minimum Gasteiger partial charge on any atom is -0.462 e. The van der Waals surface area contributed by atoms with Crippen LogP contribution in [0.15, 0.2) is 85.1 Å². The molecule has 0 heterocycles. The molecule has 0 bridgehead atoms. The zero-order valence-corrected chi connectivity index (χ0v) is 35.4. The lowest BCUT2D eigenvalue weighted by atomic mass is 10.1. The van der Waals surface area contributed by atoms with Crippen LogP contribution in [0, 0.1) is 0 Å². The van der Waals surface area contributed by atoms with Crippen LogP contribution >= 0.6 is 7.82 Å². The number of unbranched alkanes of at least 4 members (excludes halogenated alkanes) is 7. The van der Waals surface area contributed by atoms with Gasteiger partial charge in [0.2, 0.25) is 0 Å². The maximum Gasteiger partial charge on any atom is 0.472 e. The van der Waals surface area contributed by atoms with Crippen LogP contribution in [0.25, 0.3) is 0 Å². The average molecular weight is 825 g/mol. The van der Waals surface area contributed by atoms with E-state index in [4.69, 9.17) is 19.1 Å². The number of allylic oxidation sites excluding steroid dienone is 12. The number of phosphoric acid groups is 1. The molecule has 13 heteroatoms. The molecule has 0 aliphatic rings. The zero-order chi connectivity index (χ0) is 42.2. The Kier molecular flexibility index (Phi) is 36.6. The number of carbonyl (C=O) groups is 2. The summed E-state index contributed by atoms with van der Waals surface area (Å²) in [5, 5.41) is 38.5. The first kappa shape index (κ1) is 54.1. The summed E-state index contributed by atoms with van der Waals surface area (Å²) in [4.78, 5) is 35.0. The maximum atomic E-state index is 12.6. The molecule has 0 saturated heterocycles. The van der Waals surface area contributed by atoms with Gasteiger partial charge in [-0.25, -0.2) is 4.57 Å². The van der Waals surface area contributed by atoms with Crippen LogP contribution in [0.1, 0.15) is 129 Å². The van der Waals surface area contributed by atoms with Crippen LogP contribution in [0.5, 0.6) is 0 Å². The van der Waals surface area contributed by atoms with E-state index >= 15 is 0 Å². The second-order valence-corrected chi connectivity index (χ2v) is 15.1. The van der Waals surface area contributed by atoms with Crippen molar-refractivity contribution in [3.05, 3.63) is 85.1 Å². The Morgan fingerprint density at radius 1 is 0.614 bits per heavy atom. The molecule has 0 saturated carbocycles. The monoisotopic (exact) mass is 824 g/mol. The van der Waals surface area contributed by atoms with Crippen molar-refractivity contribution >= 4 is 19.8 Å². The molecule has 0 fully saturated rings. The number of aliphatic hydroxyl groups excluding tert-OH is 4. The second-order valence-electron chi connectivity index (χ2n) is 13.7. The summed E-state index contributed by atoms with van der Waals surface area (Å²) in [6, 6.07) is 0. The molecule has 0 spiro atoms. The SMILES string of the molecule is CC/C=C\C/C=C\C/C=C\CCCCCCCC(=O)OC[C@H](COP(=O)(O)OC[C@@H](O)CO)OC(=O)CCC[C@H](O)/C=C/C=C\C/C=C\C=C\[C@H](O)CCCCC. The van der Waals surface area contributed by atoms with Crippen LogP contribution in [0.4, 0.5) is 0 Å². The third-order valence-corrected chi connectivity index (χ3v) is 9.19. The van der Waals surface area contributed by atoms with Crippen molar-refractivity contribution in [2.75, 3.05) is 26.4 Å². The highest BCUT2D eigenvalue weighted by molar-refractivity contribution is 7.47. The van der Waals surface area contributed by atoms with Gasteiger partial charge in [0.05, 0.1) is 32.0 Å². The average Bonchev–Trinajstić information content (AvgIpc) is 3.18. The highest BCUT2D eigenvalue weighted by atomic mass is 31.2. The van der Waals surface area contributed by atoms with E-state index in [0.717, 1.165) is 77.0 Å². The Hall–Kier alpha value is -2.93. The van der Waals surface area contributed by atoms with E-state index < -0.39 is 70.6 Å². The number of esters is 2. The van der Waals surface area contributed by atoms with Gasteiger partial charge in [-0.2, -0.15) is 0 Å². The fourth-order valence-electron chi connectivity index (χ4n) is 4.98. The number of phosphoric ester groups is 1. The van der Waals surface area contributed by atoms with Gasteiger partial charge in [-0.1, -0.05) is 137 Å². The van der Waals surface area contributed by atoms with Crippen LogP contribution in [0.3, 0.4) is 0 Å². The standard InChI is InChI=1S/C44H73O12P/c1-3-5-7-8-9-10-11-12-13-14-15-16-20-23-27-33-43(49)53-37-42(38-55-57(51,52)54-36-41(48)35-45)56-44(50)34-28-32-40(47)31-26-22-19-17-18-21-25-30-39(46)29-24-6-4-2/h5,7,9-10,12-13,18-19,21-22,25-26,30-31,39-42,45-48H,3-4,6,8,11,14-17,20,23-24,27-29,32-38H2,1-2H3,(H,51,52)/b7-5-,10-9-,13-12-,21-18-,22-19-,30-25+,31-26+/t39-,40-,41+,42-/m1/s1. The number of carbonyl (C=O) groups excluding carboxylic acids is 2. The van der Waals surface area contributed by atoms with Crippen molar-refractivity contribution in [2.45, 2.75) is 154 Å². The molecular weight excluding hydrogens is 751 g/mol. The topological polar surface area (TPSA) is 189 Å². The first-order chi connectivity index (χ1) is 27.5. The molecule has 0 rings (SSSR count). The molecule has 1 unspecified atom stereocenters. The number of ether oxygens (including phenoxy) is 2. The molecule has 5 N–H and O–H groups in total. The van der Waals surface area contributed by atoms with Gasteiger partial charge >= 0.3 is 19.8 Å². The van der Waals surface area contributed by atoms with Crippen molar-refractivity contribution in [1.82, 2.24) is 0 Å². The quantitative estimate of drug-likeness (QED) is 0.0132. The number of hydrogen-bond acceptors (Lipinski definition) is 11. The summed E-state index contributed by atoms with van der Waals surface area (Å²) < 4.78 is 32.5. The van der Waals surface area contributed by atoms with Gasteiger partial charge in [-0.15, -0.1) is 0 Å². The molecule has 0 aliphatic carbocycles. The predicted octanol–water partition coefficient (Wildman–Crippen LogP) is 8.61. The smallest absolute Gasteiger partial charge is 0.462 e. The van der Waals surface area contributed by atoms with Gasteiger partial charge in [0, 0.05) is 12.8 Å². The van der Waals surface area contributed by atoms with E-state index in [-0.39, 0.29) is 25.7 Å². The molecule has 0 aromatic carbocycles.